The highest BCUT2D eigenvalue weighted by molar-refractivity contribution is 6.03. The number of carbonyl (C=O) groups excluding carboxylic acids is 2. The van der Waals surface area contributed by atoms with Crippen LogP contribution in [0.5, 0.6) is 5.75 Å². The van der Waals surface area contributed by atoms with E-state index >= 15 is 0 Å². The molecule has 3 aromatic carbocycles. The molecule has 0 saturated carbocycles. The van der Waals surface area contributed by atoms with E-state index in [1.165, 1.54) is 41.3 Å². The highest BCUT2D eigenvalue weighted by Gasteiger charge is 2.36. The summed E-state index contributed by atoms with van der Waals surface area (Å²) in [6.07, 6.45) is -4.19. The summed E-state index contributed by atoms with van der Waals surface area (Å²) < 4.78 is 63.8. The van der Waals surface area contributed by atoms with Crippen molar-refractivity contribution in [3.05, 3.63) is 95.3 Å². The number of nitrogens with zero attached hydrogens (tertiary/aromatic N) is 4. The zero-order valence-electron chi connectivity index (χ0n) is 24.6. The predicted molar refractivity (Wildman–Crippen MR) is 159 cm³/mol. The van der Waals surface area contributed by atoms with Gasteiger partial charge in [-0.15, -0.1) is 0 Å². The van der Waals surface area contributed by atoms with Gasteiger partial charge in [0.15, 0.2) is 0 Å². The van der Waals surface area contributed by atoms with Crippen LogP contribution in [-0.4, -0.2) is 85.5 Å². The Bertz CT molecular complexity index is 1510. The third kappa shape index (κ3) is 7.97. The molecule has 2 heterocycles. The Morgan fingerprint density at radius 1 is 1.02 bits per heavy atom. The number of urea groups is 1. The van der Waals surface area contributed by atoms with Gasteiger partial charge in [-0.2, -0.15) is 18.3 Å². The zero-order chi connectivity index (χ0) is 32.0. The molecule has 0 spiro atoms. The normalized spacial score (nSPS) is 17.1. The maximum Gasteiger partial charge on any atom is 0.416 e. The number of methoxy groups -OCH3 is 1. The summed E-state index contributed by atoms with van der Waals surface area (Å²) >= 11 is 0. The highest BCUT2D eigenvalue weighted by Crippen LogP contribution is 2.37. The van der Waals surface area contributed by atoms with Gasteiger partial charge >= 0.3 is 12.2 Å². The maximum absolute atomic E-state index is 14.0. The first-order valence-electron chi connectivity index (χ1n) is 14.4. The van der Waals surface area contributed by atoms with E-state index in [0.717, 1.165) is 12.1 Å². The molecule has 0 aliphatic carbocycles. The van der Waals surface area contributed by atoms with Gasteiger partial charge in [-0.1, -0.05) is 30.3 Å². The quantitative estimate of drug-likeness (QED) is 0.322. The fourth-order valence-electron chi connectivity index (χ4n) is 5.26. The van der Waals surface area contributed by atoms with Gasteiger partial charge in [-0.3, -0.25) is 9.69 Å². The van der Waals surface area contributed by atoms with Crippen molar-refractivity contribution in [2.75, 3.05) is 58.4 Å². The van der Waals surface area contributed by atoms with E-state index in [-0.39, 0.29) is 18.8 Å². The molecule has 5 rings (SSSR count). The second kappa shape index (κ2) is 14.1. The highest BCUT2D eigenvalue weighted by atomic mass is 19.4. The molecule has 0 radical (unpaired) electrons. The minimum Gasteiger partial charge on any atom is -0.496 e. The van der Waals surface area contributed by atoms with Gasteiger partial charge in [0.25, 0.3) is 5.91 Å². The van der Waals surface area contributed by atoms with E-state index in [2.05, 4.69) is 15.3 Å². The van der Waals surface area contributed by atoms with E-state index in [9.17, 15) is 27.2 Å². The summed E-state index contributed by atoms with van der Waals surface area (Å²) in [7, 11) is 1.53. The Kier molecular flexibility index (Phi) is 9.99. The molecule has 45 heavy (non-hydrogen) atoms. The Morgan fingerprint density at radius 2 is 1.71 bits per heavy atom. The molecule has 3 amide bonds. The molecule has 0 bridgehead atoms. The van der Waals surface area contributed by atoms with Crippen molar-refractivity contribution < 1.29 is 36.6 Å². The second-order valence-corrected chi connectivity index (χ2v) is 10.6. The number of anilines is 1. The monoisotopic (exact) mass is 627 g/mol. The third-order valence-corrected chi connectivity index (χ3v) is 7.71. The SMILES string of the molecule is COc1ccccc1C1CC(c2ccc(F)cc2)=NN1C(=O)CN(CCN1CCOCC1)C(=O)Nc1ccc(C(F)(F)F)cc1. The Labute approximate surface area is 258 Å². The number of para-hydroxylation sites is 1. The number of hydrogen-bond donors (Lipinski definition) is 1. The molecule has 2 aliphatic heterocycles. The summed E-state index contributed by atoms with van der Waals surface area (Å²) in [5, 5.41) is 8.57. The fourth-order valence-corrected chi connectivity index (χ4v) is 5.26. The number of ether oxygens (including phenoxy) is 2. The fraction of sp³-hybridized carbons (Fsp3) is 0.344. The van der Waals surface area contributed by atoms with Crippen LogP contribution in [-0.2, 0) is 15.7 Å². The molecule has 9 nitrogen and oxygen atoms in total. The number of alkyl halides is 3. The zero-order valence-corrected chi connectivity index (χ0v) is 24.6. The van der Waals surface area contributed by atoms with Gasteiger partial charge in [-0.05, 0) is 48.0 Å². The van der Waals surface area contributed by atoms with Crippen molar-refractivity contribution in [3.63, 3.8) is 0 Å². The third-order valence-electron chi connectivity index (χ3n) is 7.71. The minimum absolute atomic E-state index is 0.154. The first-order valence-corrected chi connectivity index (χ1v) is 14.4. The van der Waals surface area contributed by atoms with Crippen molar-refractivity contribution in [1.29, 1.82) is 0 Å². The average molecular weight is 628 g/mol. The van der Waals surface area contributed by atoms with Crippen LogP contribution in [0.3, 0.4) is 0 Å². The summed E-state index contributed by atoms with van der Waals surface area (Å²) in [5.41, 5.74) is 1.24. The van der Waals surface area contributed by atoms with Gasteiger partial charge in [0.2, 0.25) is 0 Å². The largest absolute Gasteiger partial charge is 0.496 e. The van der Waals surface area contributed by atoms with E-state index < -0.39 is 35.5 Å². The van der Waals surface area contributed by atoms with Crippen molar-refractivity contribution in [2.24, 2.45) is 5.10 Å². The van der Waals surface area contributed by atoms with Gasteiger partial charge in [0.1, 0.15) is 18.1 Å². The molecule has 1 atom stereocenters. The van der Waals surface area contributed by atoms with E-state index in [1.807, 2.05) is 18.2 Å². The summed E-state index contributed by atoms with van der Waals surface area (Å²) in [4.78, 5) is 30.9. The molecule has 1 unspecified atom stereocenters. The number of halogens is 4. The molecule has 3 aromatic rings. The maximum atomic E-state index is 14.0. The van der Waals surface area contributed by atoms with Crippen molar-refractivity contribution in [3.8, 4) is 5.75 Å². The Morgan fingerprint density at radius 3 is 2.38 bits per heavy atom. The number of rotatable bonds is 9. The van der Waals surface area contributed by atoms with Gasteiger partial charge in [-0.25, -0.2) is 14.2 Å². The van der Waals surface area contributed by atoms with Gasteiger partial charge < -0.3 is 19.7 Å². The molecule has 238 valence electrons. The van der Waals surface area contributed by atoms with Crippen molar-refractivity contribution >= 4 is 23.3 Å². The molecule has 2 aliphatic rings. The lowest BCUT2D eigenvalue weighted by Crippen LogP contribution is -2.47. The number of morpholine rings is 1. The summed E-state index contributed by atoms with van der Waals surface area (Å²) in [6.45, 7) is 2.68. The summed E-state index contributed by atoms with van der Waals surface area (Å²) in [5.74, 6) is -0.325. The number of hydrogen-bond acceptors (Lipinski definition) is 6. The number of benzene rings is 3. The molecule has 1 N–H and O–H groups in total. The number of carbonyl (C=O) groups is 2. The van der Waals surface area contributed by atoms with Crippen LogP contribution in [0.25, 0.3) is 0 Å². The molecule has 13 heteroatoms. The molecule has 1 saturated heterocycles. The first kappa shape index (κ1) is 31.9. The van der Waals surface area contributed by atoms with Crippen LogP contribution in [0, 0.1) is 5.82 Å². The van der Waals surface area contributed by atoms with E-state index in [4.69, 9.17) is 9.47 Å². The smallest absolute Gasteiger partial charge is 0.416 e. The van der Waals surface area contributed by atoms with Gasteiger partial charge in [0, 0.05) is 43.9 Å². The Hall–Kier alpha value is -4.49. The van der Waals surface area contributed by atoms with E-state index in [1.54, 1.807) is 18.2 Å². The minimum atomic E-state index is -4.51. The molecule has 0 aromatic heterocycles. The molecular formula is C32H33F4N5O4. The van der Waals surface area contributed by atoms with Crippen LogP contribution in [0.1, 0.15) is 29.2 Å². The molecular weight excluding hydrogens is 594 g/mol. The second-order valence-electron chi connectivity index (χ2n) is 10.6. The molecule has 1 fully saturated rings. The lowest BCUT2D eigenvalue weighted by molar-refractivity contribution is -0.137. The lowest BCUT2D eigenvalue weighted by Gasteiger charge is -2.31. The van der Waals surface area contributed by atoms with E-state index in [0.29, 0.717) is 61.9 Å². The van der Waals surface area contributed by atoms with Gasteiger partial charge in [0.05, 0.1) is 37.6 Å². The van der Waals surface area contributed by atoms with Crippen molar-refractivity contribution in [1.82, 2.24) is 14.8 Å². The van der Waals surface area contributed by atoms with Crippen LogP contribution < -0.4 is 10.1 Å². The lowest BCUT2D eigenvalue weighted by atomic mass is 9.97. The number of hydrazone groups is 1. The summed E-state index contributed by atoms with van der Waals surface area (Å²) in [6, 6.07) is 16.0. The van der Waals surface area contributed by atoms with Crippen LogP contribution >= 0.6 is 0 Å². The van der Waals surface area contributed by atoms with Crippen LogP contribution in [0.15, 0.2) is 77.9 Å². The average Bonchev–Trinajstić information content (AvgIpc) is 3.49. The van der Waals surface area contributed by atoms with Crippen LogP contribution in [0.2, 0.25) is 0 Å². The first-order chi connectivity index (χ1) is 21.6. The van der Waals surface area contributed by atoms with Crippen molar-refractivity contribution in [2.45, 2.75) is 18.6 Å². The predicted octanol–water partition coefficient (Wildman–Crippen LogP) is 5.40. The topological polar surface area (TPSA) is 86.7 Å². The Balaban J connectivity index is 1.39. The standard InChI is InChI=1S/C32H33F4N5O4/c1-44-29-5-3-2-4-26(29)28-20-27(22-6-10-24(33)11-7-22)38-41(28)30(42)21-40(15-14-39-16-18-45-19-17-39)31(43)37-25-12-8-23(9-13-25)32(34,35)36/h2-13,28H,14-21H2,1H3,(H,37,43). The van der Waals surface area contributed by atoms with Crippen LogP contribution in [0.4, 0.5) is 28.0 Å². The number of amides is 3. The number of nitrogens with one attached hydrogen (secondary N) is 1.